The van der Waals surface area contributed by atoms with E-state index < -0.39 is 6.04 Å². The largest absolute Gasteiger partial charge is 0.352 e. The number of nitrogens with one attached hydrogen (secondary N) is 3. The second-order valence-corrected chi connectivity index (χ2v) is 6.64. The number of hydrogen-bond acceptors (Lipinski definition) is 3. The minimum Gasteiger partial charge on any atom is -0.352 e. The maximum Gasteiger partial charge on any atom is 0.243 e. The van der Waals surface area contributed by atoms with E-state index in [1.807, 2.05) is 37.3 Å². The summed E-state index contributed by atoms with van der Waals surface area (Å²) >= 11 is 0. The molecular formula is C17H28N3O2P. The normalized spacial score (nSPS) is 13.4. The van der Waals surface area contributed by atoms with Crippen molar-refractivity contribution >= 4 is 21.2 Å². The van der Waals surface area contributed by atoms with Crippen molar-refractivity contribution in [2.75, 3.05) is 6.54 Å². The number of carbonyl (C=O) groups is 2. The third-order valence-electron chi connectivity index (χ3n) is 3.41. The van der Waals surface area contributed by atoms with Gasteiger partial charge in [0.1, 0.15) is 6.04 Å². The van der Waals surface area contributed by atoms with Crippen molar-refractivity contribution in [2.45, 2.75) is 45.7 Å². The van der Waals surface area contributed by atoms with E-state index in [9.17, 15) is 9.59 Å². The molecule has 0 saturated carbocycles. The molecule has 0 bridgehead atoms. The molecule has 0 radical (unpaired) electrons. The van der Waals surface area contributed by atoms with Gasteiger partial charge in [0.15, 0.2) is 0 Å². The summed E-state index contributed by atoms with van der Waals surface area (Å²) in [6.45, 7) is 6.39. The summed E-state index contributed by atoms with van der Waals surface area (Å²) < 4.78 is 0. The van der Waals surface area contributed by atoms with Crippen LogP contribution in [-0.2, 0) is 16.0 Å². The first-order chi connectivity index (χ1) is 10.9. The maximum absolute atomic E-state index is 12.5. The van der Waals surface area contributed by atoms with Crippen LogP contribution < -0.4 is 15.7 Å². The molecule has 1 aromatic rings. The highest BCUT2D eigenvalue weighted by atomic mass is 31.0. The summed E-state index contributed by atoms with van der Waals surface area (Å²) in [7, 11) is 2.28. The molecule has 6 heteroatoms. The fraction of sp³-hybridized carbons (Fsp3) is 0.529. The lowest BCUT2D eigenvalue weighted by Crippen LogP contribution is -2.51. The van der Waals surface area contributed by atoms with Gasteiger partial charge in [0.2, 0.25) is 11.8 Å². The van der Waals surface area contributed by atoms with Crippen LogP contribution in [0.25, 0.3) is 0 Å². The predicted octanol–water partition coefficient (Wildman–Crippen LogP) is 1.64. The Labute approximate surface area is 141 Å². The lowest BCUT2D eigenvalue weighted by molar-refractivity contribution is -0.128. The fourth-order valence-corrected chi connectivity index (χ4v) is 2.69. The molecule has 2 amide bonds. The van der Waals surface area contributed by atoms with Crippen molar-refractivity contribution in [2.24, 2.45) is 5.92 Å². The fourth-order valence-electron chi connectivity index (χ4n) is 2.51. The van der Waals surface area contributed by atoms with Crippen LogP contribution in [0.4, 0.5) is 0 Å². The molecule has 128 valence electrons. The predicted molar refractivity (Wildman–Crippen MR) is 96.8 cm³/mol. The first-order valence-corrected chi connectivity index (χ1v) is 8.57. The summed E-state index contributed by atoms with van der Waals surface area (Å²) in [5.41, 5.74) is 1.02. The molecule has 3 N–H and O–H groups in total. The van der Waals surface area contributed by atoms with E-state index in [1.54, 1.807) is 0 Å². The highest BCUT2D eigenvalue weighted by Crippen LogP contribution is 2.07. The van der Waals surface area contributed by atoms with Crippen molar-refractivity contribution in [3.8, 4) is 0 Å². The molecular weight excluding hydrogens is 309 g/mol. The van der Waals surface area contributed by atoms with E-state index >= 15 is 0 Å². The third-order valence-corrected chi connectivity index (χ3v) is 3.61. The lowest BCUT2D eigenvalue weighted by Gasteiger charge is -2.22. The Morgan fingerprint density at radius 1 is 1.09 bits per heavy atom. The van der Waals surface area contributed by atoms with Gasteiger partial charge in [0.05, 0.1) is 6.54 Å². The van der Waals surface area contributed by atoms with Crippen LogP contribution >= 0.6 is 9.39 Å². The molecule has 0 spiro atoms. The van der Waals surface area contributed by atoms with E-state index in [2.05, 4.69) is 39.0 Å². The molecule has 0 aromatic heterocycles. The van der Waals surface area contributed by atoms with Gasteiger partial charge in [-0.25, -0.2) is 0 Å². The zero-order valence-electron chi connectivity index (χ0n) is 14.1. The lowest BCUT2D eigenvalue weighted by atomic mass is 10.0. The molecule has 0 saturated heterocycles. The Hall–Kier alpha value is -1.45. The highest BCUT2D eigenvalue weighted by Gasteiger charge is 2.22. The minimum atomic E-state index is -0.571. The number of benzene rings is 1. The zero-order chi connectivity index (χ0) is 17.2. The van der Waals surface area contributed by atoms with Crippen LogP contribution in [0.2, 0.25) is 0 Å². The van der Waals surface area contributed by atoms with Crippen LogP contribution in [0.1, 0.15) is 32.8 Å². The molecule has 23 heavy (non-hydrogen) atoms. The number of hydrogen-bond donors (Lipinski definition) is 3. The second kappa shape index (κ2) is 10.3. The molecule has 0 aliphatic rings. The van der Waals surface area contributed by atoms with Gasteiger partial charge in [-0.2, -0.15) is 0 Å². The van der Waals surface area contributed by atoms with Crippen LogP contribution in [0.5, 0.6) is 0 Å². The number of carbonyl (C=O) groups excluding carboxylic acids is 2. The molecule has 1 aromatic carbocycles. The Kier molecular flexibility index (Phi) is 8.82. The van der Waals surface area contributed by atoms with Crippen LogP contribution in [0.3, 0.4) is 0 Å². The average molecular weight is 337 g/mol. The summed E-state index contributed by atoms with van der Waals surface area (Å²) in [5, 5.41) is 8.51. The van der Waals surface area contributed by atoms with E-state index in [1.165, 1.54) is 0 Å². The van der Waals surface area contributed by atoms with E-state index in [-0.39, 0.29) is 24.4 Å². The molecule has 1 rings (SSSR count). The minimum absolute atomic E-state index is 0.0810. The van der Waals surface area contributed by atoms with Crippen LogP contribution in [0.15, 0.2) is 30.3 Å². The van der Waals surface area contributed by atoms with E-state index in [0.29, 0.717) is 12.3 Å². The molecule has 3 atom stereocenters. The molecule has 0 fully saturated rings. The van der Waals surface area contributed by atoms with Gasteiger partial charge in [-0.3, -0.25) is 14.7 Å². The molecule has 0 aliphatic heterocycles. The SMILES string of the molecule is CC(C)C[C@H](C)NC(=O)C(Cc1ccccc1)NC(=O)CNP. The zero-order valence-corrected chi connectivity index (χ0v) is 15.3. The summed E-state index contributed by atoms with van der Waals surface area (Å²) in [5.74, 6) is 0.167. The van der Waals surface area contributed by atoms with Crippen molar-refractivity contribution < 1.29 is 9.59 Å². The maximum atomic E-state index is 12.5. The van der Waals surface area contributed by atoms with Gasteiger partial charge in [0, 0.05) is 12.5 Å². The number of amides is 2. The smallest absolute Gasteiger partial charge is 0.243 e. The molecule has 0 heterocycles. The quantitative estimate of drug-likeness (QED) is 0.600. The highest BCUT2D eigenvalue weighted by molar-refractivity contribution is 7.13. The van der Waals surface area contributed by atoms with Crippen LogP contribution in [-0.4, -0.2) is 30.4 Å². The van der Waals surface area contributed by atoms with E-state index in [4.69, 9.17) is 0 Å². The van der Waals surface area contributed by atoms with Gasteiger partial charge in [0.25, 0.3) is 0 Å². The second-order valence-electron chi connectivity index (χ2n) is 6.23. The van der Waals surface area contributed by atoms with Gasteiger partial charge in [-0.05, 0) is 24.8 Å². The van der Waals surface area contributed by atoms with E-state index in [0.717, 1.165) is 12.0 Å². The van der Waals surface area contributed by atoms with Gasteiger partial charge < -0.3 is 10.6 Å². The first kappa shape index (κ1) is 19.6. The average Bonchev–Trinajstić information content (AvgIpc) is 2.46. The number of rotatable bonds is 9. The van der Waals surface area contributed by atoms with Gasteiger partial charge in [-0.15, -0.1) is 0 Å². The standard InChI is InChI=1S/C17H28N3O2P/c1-12(2)9-13(3)19-17(22)15(20-16(21)11-18-23)10-14-7-5-4-6-8-14/h4-8,12-13,15,18H,9-11,23H2,1-3H3,(H,19,22)(H,20,21)/t13-,15?/m0/s1. The summed E-state index contributed by atoms with van der Waals surface area (Å²) in [6, 6.07) is 9.21. The van der Waals surface area contributed by atoms with Crippen molar-refractivity contribution in [1.29, 1.82) is 0 Å². The Balaban J connectivity index is 2.72. The topological polar surface area (TPSA) is 70.2 Å². The molecule has 2 unspecified atom stereocenters. The Morgan fingerprint density at radius 3 is 2.30 bits per heavy atom. The van der Waals surface area contributed by atoms with Crippen molar-refractivity contribution in [3.05, 3.63) is 35.9 Å². The van der Waals surface area contributed by atoms with Crippen LogP contribution in [0, 0.1) is 5.92 Å². The molecule has 5 nitrogen and oxygen atoms in total. The van der Waals surface area contributed by atoms with Gasteiger partial charge in [-0.1, -0.05) is 53.6 Å². The Bertz CT molecular complexity index is 494. The summed E-state index contributed by atoms with van der Waals surface area (Å²) in [6.07, 6.45) is 1.38. The van der Waals surface area contributed by atoms with Crippen molar-refractivity contribution in [1.82, 2.24) is 15.7 Å². The Morgan fingerprint density at radius 2 is 1.74 bits per heavy atom. The third kappa shape index (κ3) is 8.10. The van der Waals surface area contributed by atoms with Crippen molar-refractivity contribution in [3.63, 3.8) is 0 Å². The monoisotopic (exact) mass is 337 g/mol. The summed E-state index contributed by atoms with van der Waals surface area (Å²) in [4.78, 5) is 24.4. The van der Waals surface area contributed by atoms with Gasteiger partial charge >= 0.3 is 0 Å². The first-order valence-electron chi connectivity index (χ1n) is 7.99. The molecule has 0 aliphatic carbocycles.